The maximum atomic E-state index is 13.2. The van der Waals surface area contributed by atoms with Gasteiger partial charge in [0.15, 0.2) is 12.2 Å². The molecule has 1 aromatic carbocycles. The van der Waals surface area contributed by atoms with Gasteiger partial charge in [-0.2, -0.15) is 0 Å². The van der Waals surface area contributed by atoms with Gasteiger partial charge < -0.3 is 24.1 Å². The minimum absolute atomic E-state index is 0.130. The number of nitrogens with zero attached hydrogens (tertiary/aromatic N) is 2. The topological polar surface area (TPSA) is 93.9 Å². The molecule has 2 heterocycles. The van der Waals surface area contributed by atoms with Crippen LogP contribution in [0.3, 0.4) is 0 Å². The number of esters is 1. The first-order valence-electron chi connectivity index (χ1n) is 8.74. The van der Waals surface area contributed by atoms with Crippen LogP contribution in [0, 0.1) is 0 Å². The van der Waals surface area contributed by atoms with Gasteiger partial charge in [-0.3, -0.25) is 9.59 Å². The van der Waals surface area contributed by atoms with Crippen LogP contribution in [0.5, 0.6) is 5.75 Å². The number of fused-ring (bicyclic) bond motifs is 1. The second-order valence-corrected chi connectivity index (χ2v) is 6.66. The monoisotopic (exact) mass is 373 g/mol. The van der Waals surface area contributed by atoms with Gasteiger partial charge in [-0.25, -0.2) is 4.98 Å². The largest absolute Gasteiger partial charge is 0.496 e. The smallest absolute Gasteiger partial charge is 0.307 e. The number of aromatic nitrogens is 1. The first-order chi connectivity index (χ1) is 12.9. The highest BCUT2D eigenvalue weighted by Gasteiger charge is 2.38. The predicted octanol–water partition coefficient (Wildman–Crippen LogP) is 2.91. The molecule has 1 aromatic heterocycles. The highest BCUT2D eigenvalue weighted by atomic mass is 16.5. The van der Waals surface area contributed by atoms with Crippen LogP contribution < -0.4 is 10.1 Å². The van der Waals surface area contributed by atoms with Gasteiger partial charge in [0.25, 0.3) is 5.91 Å². The number of nitrogens with one attached hydrogen (secondary N) is 1. The molecule has 0 spiro atoms. The molecule has 0 radical (unpaired) electrons. The first-order valence-corrected chi connectivity index (χ1v) is 8.74. The number of benzene rings is 1. The second kappa shape index (κ2) is 7.30. The second-order valence-electron chi connectivity index (χ2n) is 6.66. The molecule has 2 aromatic rings. The Kier molecular flexibility index (Phi) is 5.07. The van der Waals surface area contributed by atoms with E-state index >= 15 is 0 Å². The number of methoxy groups -OCH3 is 1. The lowest BCUT2D eigenvalue weighted by molar-refractivity contribution is -0.143. The van der Waals surface area contributed by atoms with Crippen molar-refractivity contribution in [2.75, 3.05) is 25.6 Å². The van der Waals surface area contributed by atoms with Gasteiger partial charge in [0.2, 0.25) is 0 Å². The molecule has 0 saturated carbocycles. The van der Waals surface area contributed by atoms with Crippen LogP contribution in [-0.2, 0) is 9.53 Å². The molecule has 0 bridgehead atoms. The Morgan fingerprint density at radius 1 is 1.33 bits per heavy atom. The molecule has 0 unspecified atom stereocenters. The van der Waals surface area contributed by atoms with E-state index in [-0.39, 0.29) is 24.8 Å². The van der Waals surface area contributed by atoms with Gasteiger partial charge in [0, 0.05) is 12.6 Å². The lowest BCUT2D eigenvalue weighted by atomic mass is 9.98. The van der Waals surface area contributed by atoms with Gasteiger partial charge >= 0.3 is 5.97 Å². The molecule has 3 rings (SSSR count). The van der Waals surface area contributed by atoms with E-state index in [0.717, 1.165) is 0 Å². The van der Waals surface area contributed by atoms with E-state index in [4.69, 9.17) is 13.9 Å². The van der Waals surface area contributed by atoms with E-state index in [1.807, 2.05) is 13.8 Å². The van der Waals surface area contributed by atoms with E-state index in [1.165, 1.54) is 6.39 Å². The van der Waals surface area contributed by atoms with Gasteiger partial charge in [-0.1, -0.05) is 0 Å². The Labute approximate surface area is 157 Å². The van der Waals surface area contributed by atoms with E-state index in [0.29, 0.717) is 34.9 Å². The summed E-state index contributed by atoms with van der Waals surface area (Å²) in [6.45, 7) is 6.09. The van der Waals surface area contributed by atoms with Crippen molar-refractivity contribution in [2.45, 2.75) is 32.9 Å². The molecule has 1 amide bonds. The summed E-state index contributed by atoms with van der Waals surface area (Å²) in [6, 6.07) is 3.49. The summed E-state index contributed by atoms with van der Waals surface area (Å²) < 4.78 is 15.8. The molecule has 8 heteroatoms. The number of oxazole rings is 1. The highest BCUT2D eigenvalue weighted by molar-refractivity contribution is 6.04. The minimum atomic E-state index is -0.671. The van der Waals surface area contributed by atoms with Gasteiger partial charge in [0.1, 0.15) is 11.4 Å². The van der Waals surface area contributed by atoms with Crippen molar-refractivity contribution in [3.8, 4) is 17.1 Å². The van der Waals surface area contributed by atoms with Crippen LogP contribution in [0.2, 0.25) is 0 Å². The number of amides is 1. The van der Waals surface area contributed by atoms with Crippen LogP contribution >= 0.6 is 0 Å². The van der Waals surface area contributed by atoms with Crippen LogP contribution in [0.25, 0.3) is 11.3 Å². The number of anilines is 1. The number of carbonyl (C=O) groups is 2. The highest BCUT2D eigenvalue weighted by Crippen LogP contribution is 2.39. The summed E-state index contributed by atoms with van der Waals surface area (Å²) in [7, 11) is 1.56. The van der Waals surface area contributed by atoms with Gasteiger partial charge in [-0.15, -0.1) is 0 Å². The van der Waals surface area contributed by atoms with Crippen LogP contribution in [-0.4, -0.2) is 47.7 Å². The third kappa shape index (κ3) is 3.60. The maximum Gasteiger partial charge on any atom is 0.307 e. The van der Waals surface area contributed by atoms with Crippen molar-refractivity contribution in [3.63, 3.8) is 0 Å². The molecule has 0 aliphatic carbocycles. The Morgan fingerprint density at radius 3 is 2.74 bits per heavy atom. The molecule has 0 saturated heterocycles. The number of rotatable bonds is 6. The predicted molar refractivity (Wildman–Crippen MR) is 98.5 cm³/mol. The van der Waals surface area contributed by atoms with Crippen molar-refractivity contribution in [1.29, 1.82) is 0 Å². The standard InChI is InChI=1S/C19H23N3O5/c1-5-26-17(23)6-7-22-18(24)12-8-13(16-10-20-11-27-16)15(25-4)9-14(12)21-19(22,2)3/h8-11,21H,5-7H2,1-4H3. The number of hydrogen-bond acceptors (Lipinski definition) is 7. The van der Waals surface area contributed by atoms with Crippen LogP contribution in [0.4, 0.5) is 5.69 Å². The normalized spacial score (nSPS) is 15.1. The first kappa shape index (κ1) is 18.8. The lowest BCUT2D eigenvalue weighted by Crippen LogP contribution is -2.56. The Bertz CT molecular complexity index is 845. The summed E-state index contributed by atoms with van der Waals surface area (Å²) in [5, 5.41) is 3.35. The molecule has 1 aliphatic heterocycles. The van der Waals surface area contributed by atoms with Crippen LogP contribution in [0.15, 0.2) is 29.1 Å². The summed E-state index contributed by atoms with van der Waals surface area (Å²) in [4.78, 5) is 30.4. The SMILES string of the molecule is CCOC(=O)CCN1C(=O)c2cc(-c3cnco3)c(OC)cc2NC1(C)C. The molecule has 0 atom stereocenters. The fraction of sp³-hybridized carbons (Fsp3) is 0.421. The molecule has 144 valence electrons. The average molecular weight is 373 g/mol. The van der Waals surface area contributed by atoms with Crippen molar-refractivity contribution in [2.24, 2.45) is 0 Å². The summed E-state index contributed by atoms with van der Waals surface area (Å²) in [5.74, 6) is 0.567. The summed E-state index contributed by atoms with van der Waals surface area (Å²) in [6.07, 6.45) is 3.02. The zero-order valence-corrected chi connectivity index (χ0v) is 15.9. The van der Waals surface area contributed by atoms with E-state index in [9.17, 15) is 9.59 Å². The Balaban J connectivity index is 1.96. The molecule has 1 aliphatic rings. The summed E-state index contributed by atoms with van der Waals surface area (Å²) >= 11 is 0. The van der Waals surface area contributed by atoms with Crippen molar-refractivity contribution in [1.82, 2.24) is 9.88 Å². The third-order valence-corrected chi connectivity index (χ3v) is 4.47. The minimum Gasteiger partial charge on any atom is -0.496 e. The zero-order chi connectivity index (χ0) is 19.6. The van der Waals surface area contributed by atoms with Crippen LogP contribution in [0.1, 0.15) is 37.6 Å². The van der Waals surface area contributed by atoms with Crippen molar-refractivity contribution < 1.29 is 23.5 Å². The number of ether oxygens (including phenoxy) is 2. The van der Waals surface area contributed by atoms with E-state index in [2.05, 4.69) is 10.3 Å². The van der Waals surface area contributed by atoms with Gasteiger partial charge in [-0.05, 0) is 26.8 Å². The van der Waals surface area contributed by atoms with E-state index < -0.39 is 5.66 Å². The fourth-order valence-electron chi connectivity index (χ4n) is 3.18. The lowest BCUT2D eigenvalue weighted by Gasteiger charge is -2.44. The molecule has 1 N–H and O–H groups in total. The van der Waals surface area contributed by atoms with Gasteiger partial charge in [0.05, 0.1) is 43.1 Å². The molecular formula is C19H23N3O5. The molecular weight excluding hydrogens is 350 g/mol. The number of hydrogen-bond donors (Lipinski definition) is 1. The number of carbonyl (C=O) groups excluding carboxylic acids is 2. The Hall–Kier alpha value is -3.03. The third-order valence-electron chi connectivity index (χ3n) is 4.47. The molecule has 27 heavy (non-hydrogen) atoms. The van der Waals surface area contributed by atoms with Crippen molar-refractivity contribution >= 4 is 17.6 Å². The zero-order valence-electron chi connectivity index (χ0n) is 15.9. The molecule has 8 nitrogen and oxygen atoms in total. The maximum absolute atomic E-state index is 13.2. The summed E-state index contributed by atoms with van der Waals surface area (Å²) in [5.41, 5.74) is 1.10. The fourth-order valence-corrected chi connectivity index (χ4v) is 3.18. The van der Waals surface area contributed by atoms with Crippen molar-refractivity contribution in [3.05, 3.63) is 30.3 Å². The van der Waals surface area contributed by atoms with E-state index in [1.54, 1.807) is 37.3 Å². The quantitative estimate of drug-likeness (QED) is 0.778. The molecule has 0 fully saturated rings. The average Bonchev–Trinajstić information content (AvgIpc) is 3.14. The Morgan fingerprint density at radius 2 is 2.11 bits per heavy atom.